The first-order valence-corrected chi connectivity index (χ1v) is 11.6. The van der Waals surface area contributed by atoms with Crippen LogP contribution in [-0.2, 0) is 14.3 Å². The zero-order chi connectivity index (χ0) is 21.6. The van der Waals surface area contributed by atoms with Crippen molar-refractivity contribution in [1.82, 2.24) is 15.2 Å². The van der Waals surface area contributed by atoms with Crippen molar-refractivity contribution in [1.29, 1.82) is 0 Å². The molecule has 10 heteroatoms. The minimum Gasteiger partial charge on any atom is -0.477 e. The van der Waals surface area contributed by atoms with E-state index < -0.39 is 18.0 Å². The molecule has 162 valence electrons. The van der Waals surface area contributed by atoms with E-state index >= 15 is 0 Å². The number of amides is 1. The molecule has 0 bridgehead atoms. The van der Waals surface area contributed by atoms with Crippen LogP contribution < -0.4 is 5.32 Å². The molecule has 0 saturated carbocycles. The molecule has 4 heterocycles. The quantitative estimate of drug-likeness (QED) is 0.538. The first kappa shape index (κ1) is 21.5. The van der Waals surface area contributed by atoms with E-state index in [1.807, 2.05) is 12.3 Å². The van der Waals surface area contributed by atoms with Crippen LogP contribution in [0.25, 0.3) is 5.57 Å². The predicted octanol–water partition coefficient (Wildman–Crippen LogP) is 1.78. The zero-order valence-electron chi connectivity index (χ0n) is 17.0. The highest BCUT2D eigenvalue weighted by Crippen LogP contribution is 2.52. The van der Waals surface area contributed by atoms with Gasteiger partial charge in [-0.2, -0.15) is 0 Å². The van der Waals surface area contributed by atoms with Crippen LogP contribution in [0.2, 0.25) is 0 Å². The molecule has 1 amide bonds. The van der Waals surface area contributed by atoms with Gasteiger partial charge in [-0.1, -0.05) is 24.8 Å². The van der Waals surface area contributed by atoms with Crippen LogP contribution in [0.3, 0.4) is 0 Å². The van der Waals surface area contributed by atoms with Crippen LogP contribution in [-0.4, -0.2) is 70.4 Å². The van der Waals surface area contributed by atoms with E-state index in [1.165, 1.54) is 28.0 Å². The maximum absolute atomic E-state index is 12.5. The summed E-state index contributed by atoms with van der Waals surface area (Å²) in [6, 6.07) is -0.0664. The fourth-order valence-corrected chi connectivity index (χ4v) is 6.61. The number of carbonyl (C=O) groups excluding carboxylic acids is 1. The summed E-state index contributed by atoms with van der Waals surface area (Å²) < 4.78 is 5.99. The average Bonchev–Trinajstić information content (AvgIpc) is 3.25. The topological polar surface area (TPSA) is 112 Å². The fourth-order valence-electron chi connectivity index (χ4n) is 4.50. The van der Waals surface area contributed by atoms with E-state index in [0.29, 0.717) is 11.5 Å². The van der Waals surface area contributed by atoms with E-state index in [9.17, 15) is 19.8 Å². The third-order valence-corrected chi connectivity index (χ3v) is 8.13. The van der Waals surface area contributed by atoms with Gasteiger partial charge in [0.15, 0.2) is 4.34 Å². The van der Waals surface area contributed by atoms with Gasteiger partial charge in [-0.3, -0.25) is 4.79 Å². The third-order valence-electron chi connectivity index (χ3n) is 5.91. The largest absolute Gasteiger partial charge is 0.477 e. The lowest BCUT2D eigenvalue weighted by Crippen LogP contribution is -2.63. The molecule has 1 fully saturated rings. The second-order valence-corrected chi connectivity index (χ2v) is 10.0. The van der Waals surface area contributed by atoms with E-state index in [2.05, 4.69) is 11.4 Å². The Morgan fingerprint density at radius 3 is 2.97 bits per heavy atom. The minimum absolute atomic E-state index is 0.0254. The fraction of sp³-hybridized carbons (Fsp3) is 0.550. The molecule has 0 aromatic carbocycles. The number of aliphatic hydroxyl groups excluding tert-OH is 1. The number of β-lactam (4-membered cyclic amide) rings is 1. The van der Waals surface area contributed by atoms with Gasteiger partial charge in [-0.05, 0) is 18.9 Å². The summed E-state index contributed by atoms with van der Waals surface area (Å²) in [5.74, 6) is -2.17. The molecule has 0 spiro atoms. The van der Waals surface area contributed by atoms with E-state index in [4.69, 9.17) is 9.72 Å². The number of ether oxygens (including phenoxy) is 1. The number of methoxy groups -OCH3 is 1. The lowest BCUT2D eigenvalue weighted by molar-refractivity contribution is -0.163. The SMILES string of the molecule is COC[C@@H]1CC(c2csc(SC3=C(C(=O)O)N4C(=O)[C@H]([C@@H](C)O)[C@H]4[C@H]3C)n2)=CCN1. The summed E-state index contributed by atoms with van der Waals surface area (Å²) >= 11 is 2.79. The Morgan fingerprint density at radius 1 is 1.53 bits per heavy atom. The van der Waals surface area contributed by atoms with Crippen LogP contribution in [0.15, 0.2) is 26.4 Å². The second-order valence-electron chi connectivity index (χ2n) is 7.87. The molecule has 3 N–H and O–H groups in total. The second kappa shape index (κ2) is 8.43. The van der Waals surface area contributed by atoms with Crippen molar-refractivity contribution in [3.05, 3.63) is 27.8 Å². The summed E-state index contributed by atoms with van der Waals surface area (Å²) in [4.78, 5) is 31.1. The van der Waals surface area contributed by atoms with Gasteiger partial charge in [-0.25, -0.2) is 9.78 Å². The van der Waals surface area contributed by atoms with E-state index in [-0.39, 0.29) is 29.6 Å². The number of aliphatic hydroxyl groups is 1. The van der Waals surface area contributed by atoms with E-state index in [1.54, 1.807) is 14.0 Å². The molecule has 0 radical (unpaired) electrons. The number of hydrogen-bond donors (Lipinski definition) is 3. The Labute approximate surface area is 183 Å². The van der Waals surface area contributed by atoms with Crippen molar-refractivity contribution in [2.45, 2.75) is 42.8 Å². The normalized spacial score (nSPS) is 29.5. The lowest BCUT2D eigenvalue weighted by atomic mass is 9.79. The molecule has 1 aromatic rings. The van der Waals surface area contributed by atoms with Crippen LogP contribution in [0, 0.1) is 11.8 Å². The summed E-state index contributed by atoms with van der Waals surface area (Å²) in [7, 11) is 1.68. The average molecular weight is 452 g/mol. The highest BCUT2D eigenvalue weighted by Gasteiger charge is 2.60. The molecule has 4 rings (SSSR count). The molecule has 0 aliphatic carbocycles. The highest BCUT2D eigenvalue weighted by molar-refractivity contribution is 8.04. The van der Waals surface area contributed by atoms with Crippen molar-refractivity contribution < 1.29 is 24.5 Å². The monoisotopic (exact) mass is 451 g/mol. The summed E-state index contributed by atoms with van der Waals surface area (Å²) in [5, 5.41) is 25.1. The van der Waals surface area contributed by atoms with Gasteiger partial charge in [0.2, 0.25) is 5.91 Å². The number of carboxylic acid groups (broad SMARTS) is 1. The molecule has 30 heavy (non-hydrogen) atoms. The van der Waals surface area contributed by atoms with Crippen LogP contribution >= 0.6 is 23.1 Å². The van der Waals surface area contributed by atoms with Gasteiger partial charge in [0, 0.05) is 35.9 Å². The summed E-state index contributed by atoms with van der Waals surface area (Å²) in [6.45, 7) is 4.88. The van der Waals surface area contributed by atoms with Crippen molar-refractivity contribution in [2.24, 2.45) is 11.8 Å². The lowest BCUT2D eigenvalue weighted by Gasteiger charge is -2.46. The number of fused-ring (bicyclic) bond motifs is 1. The van der Waals surface area contributed by atoms with Crippen LogP contribution in [0.4, 0.5) is 0 Å². The Balaban J connectivity index is 1.55. The zero-order valence-corrected chi connectivity index (χ0v) is 18.6. The first-order valence-electron chi connectivity index (χ1n) is 9.87. The Morgan fingerprint density at radius 2 is 2.30 bits per heavy atom. The number of aromatic nitrogens is 1. The minimum atomic E-state index is -1.12. The van der Waals surface area contributed by atoms with Crippen LogP contribution in [0.5, 0.6) is 0 Å². The Bertz CT molecular complexity index is 925. The number of rotatable bonds is 7. The smallest absolute Gasteiger partial charge is 0.353 e. The maximum atomic E-state index is 12.5. The van der Waals surface area contributed by atoms with Gasteiger partial charge in [0.1, 0.15) is 5.70 Å². The molecule has 5 atom stereocenters. The molecule has 1 saturated heterocycles. The molecule has 3 aliphatic rings. The number of nitrogens with zero attached hydrogens (tertiary/aromatic N) is 2. The molecule has 0 unspecified atom stereocenters. The molecular weight excluding hydrogens is 426 g/mol. The molecule has 1 aromatic heterocycles. The Kier molecular flexibility index (Phi) is 6.04. The number of thioether (sulfide) groups is 1. The number of hydrogen-bond acceptors (Lipinski definition) is 8. The number of nitrogens with one attached hydrogen (secondary N) is 1. The molecular formula is C20H25N3O5S2. The number of carbonyl (C=O) groups is 2. The number of carboxylic acids is 1. The van der Waals surface area contributed by atoms with Crippen LogP contribution in [0.1, 0.15) is 26.0 Å². The Hall–Kier alpha value is -1.72. The van der Waals surface area contributed by atoms with Gasteiger partial charge in [0.05, 0.1) is 30.4 Å². The van der Waals surface area contributed by atoms with Crippen molar-refractivity contribution in [2.75, 3.05) is 20.3 Å². The van der Waals surface area contributed by atoms with Gasteiger partial charge in [0.25, 0.3) is 0 Å². The number of thiazole rings is 1. The summed E-state index contributed by atoms with van der Waals surface area (Å²) in [5.41, 5.74) is 2.07. The summed E-state index contributed by atoms with van der Waals surface area (Å²) in [6.07, 6.45) is 2.13. The van der Waals surface area contributed by atoms with Crippen molar-refractivity contribution in [3.8, 4) is 0 Å². The molecule has 8 nitrogen and oxygen atoms in total. The van der Waals surface area contributed by atoms with Gasteiger partial charge < -0.3 is 25.2 Å². The standard InChI is InChI=1S/C20H25N3O5S2/c1-9-15-14(10(2)24)18(25)23(15)16(19(26)27)17(9)30-20-22-13(8-29-20)11-4-5-21-12(6-11)7-28-3/h4,8-10,12,14-15,21,24H,5-7H2,1-3H3,(H,26,27)/t9-,10-,12+,14-,15-/m1/s1. The first-order chi connectivity index (χ1) is 14.3. The number of aliphatic carboxylic acids is 1. The molecule has 3 aliphatic heterocycles. The third kappa shape index (κ3) is 3.60. The van der Waals surface area contributed by atoms with E-state index in [0.717, 1.165) is 28.6 Å². The highest BCUT2D eigenvalue weighted by atomic mass is 32.2. The van der Waals surface area contributed by atoms with Gasteiger partial charge in [-0.15, -0.1) is 11.3 Å². The maximum Gasteiger partial charge on any atom is 0.353 e. The predicted molar refractivity (Wildman–Crippen MR) is 114 cm³/mol. The van der Waals surface area contributed by atoms with Crippen molar-refractivity contribution in [3.63, 3.8) is 0 Å². The van der Waals surface area contributed by atoms with Gasteiger partial charge >= 0.3 is 5.97 Å². The van der Waals surface area contributed by atoms with Crippen molar-refractivity contribution >= 4 is 40.5 Å².